The van der Waals surface area contributed by atoms with Gasteiger partial charge in [0.15, 0.2) is 0 Å². The molecule has 0 aromatic rings. The Morgan fingerprint density at radius 3 is 1.14 bits per heavy atom. The number of hydrogen-bond acceptors (Lipinski definition) is 20. The topological polar surface area (TPSA) is 270 Å². The molecule has 27 heteroatoms. The number of piperidine rings is 5. The summed E-state index contributed by atoms with van der Waals surface area (Å²) in [6.07, 6.45) is 9.90. The zero-order valence-electron chi connectivity index (χ0n) is 52.8. The van der Waals surface area contributed by atoms with Crippen LogP contribution in [0.3, 0.4) is 0 Å². The summed E-state index contributed by atoms with van der Waals surface area (Å²) in [7, 11) is 23.9. The third-order valence-corrected chi connectivity index (χ3v) is 18.4. The highest BCUT2D eigenvalue weighted by Gasteiger charge is 2.56. The van der Waals surface area contributed by atoms with E-state index in [1.807, 2.05) is 34.4 Å². The largest absolute Gasteiger partial charge is 0.346 e. The van der Waals surface area contributed by atoms with Crippen LogP contribution in [0.4, 0.5) is 0 Å². The van der Waals surface area contributed by atoms with Gasteiger partial charge in [-0.3, -0.25) is 33.6 Å². The Labute approximate surface area is 540 Å². The van der Waals surface area contributed by atoms with E-state index < -0.39 is 21.7 Å². The monoisotopic (exact) mass is 1270 g/mol. The molecule has 10 aliphatic rings. The smallest absolute Gasteiger partial charge is 0.256 e. The Balaban J connectivity index is 0.00000108. The Hall–Kier alpha value is -6.26. The van der Waals surface area contributed by atoms with Crippen LogP contribution in [-0.4, -0.2) is 314 Å². The van der Waals surface area contributed by atoms with Crippen LogP contribution in [0.5, 0.6) is 0 Å². The van der Waals surface area contributed by atoms with Crippen molar-refractivity contribution in [1.29, 1.82) is 0 Å². The second-order valence-electron chi connectivity index (χ2n) is 24.4. The number of fused-ring (bicyclic) bond motifs is 5. The van der Waals surface area contributed by atoms with Gasteiger partial charge in [-0.1, -0.05) is 44.6 Å². The van der Waals surface area contributed by atoms with Gasteiger partial charge in [0.05, 0.1) is 28.6 Å². The fraction of sp³-hybridized carbons (Fsp3) is 0.778. The van der Waals surface area contributed by atoms with Crippen LogP contribution < -0.4 is 10.6 Å². The molecular formula is C63H119N19O8. The van der Waals surface area contributed by atoms with Crippen LogP contribution in [0.15, 0.2) is 30.5 Å². The van der Waals surface area contributed by atoms with E-state index in [4.69, 9.17) is 0 Å². The molecule has 5 unspecified atom stereocenters. The lowest BCUT2D eigenvalue weighted by Gasteiger charge is -2.38. The van der Waals surface area contributed by atoms with Crippen molar-refractivity contribution < 1.29 is 38.4 Å². The fourth-order valence-electron chi connectivity index (χ4n) is 13.2. The zero-order valence-corrected chi connectivity index (χ0v) is 52.8. The van der Waals surface area contributed by atoms with Crippen LogP contribution >= 0.6 is 0 Å². The van der Waals surface area contributed by atoms with Gasteiger partial charge in [0, 0.05) is 194 Å². The second kappa shape index (κ2) is 35.0. The molecule has 0 aliphatic carbocycles. The number of aldehydes is 1. The lowest BCUT2D eigenvalue weighted by Crippen LogP contribution is -2.52. The molecule has 514 valence electrons. The number of hydrogen-bond donors (Lipinski definition) is 2. The molecule has 0 aromatic heterocycles. The van der Waals surface area contributed by atoms with Gasteiger partial charge < -0.3 is 49.8 Å². The maximum Gasteiger partial charge on any atom is 0.256 e. The minimum absolute atomic E-state index is 0. The molecule has 10 rings (SSSR count). The van der Waals surface area contributed by atoms with E-state index in [0.717, 1.165) is 126 Å². The molecule has 0 saturated carbocycles. The molecule has 0 aromatic carbocycles. The third kappa shape index (κ3) is 17.3. The Morgan fingerprint density at radius 1 is 0.500 bits per heavy atom. The Morgan fingerprint density at radius 2 is 0.800 bits per heavy atom. The van der Waals surface area contributed by atoms with Crippen molar-refractivity contribution in [2.24, 2.45) is 57.6 Å². The SMILES string of the molecule is C.C.C.C.C.C.CC(=O)N(C)CCC12CN(C)CCC1=NN(C)C2=O.CC(=O)N(C)CCC12CNCCC1=NN(C)C2=O.CN1CCC2=NN(C)C(=O)C2(CC=O)C1.CN=CCC12CN(C)CCC1=NN(C)C2=O.CNCCC12CN(C)CCC1=NN(C)C2=O. The molecular weight excluding hydrogens is 1150 g/mol. The summed E-state index contributed by atoms with van der Waals surface area (Å²) in [5, 5.41) is 35.4. The van der Waals surface area contributed by atoms with Crippen LogP contribution in [0.2, 0.25) is 0 Å². The highest BCUT2D eigenvalue weighted by Crippen LogP contribution is 2.41. The number of amides is 7. The number of nitrogens with one attached hydrogen (secondary N) is 2. The van der Waals surface area contributed by atoms with Crippen LogP contribution in [0.25, 0.3) is 0 Å². The number of carbonyl (C=O) groups excluding carboxylic acids is 8. The molecule has 5 atom stereocenters. The zero-order chi connectivity index (χ0) is 62.1. The highest BCUT2D eigenvalue weighted by atomic mass is 16.2. The van der Waals surface area contributed by atoms with Crippen molar-refractivity contribution in [2.75, 3.05) is 177 Å². The number of rotatable bonds is 13. The van der Waals surface area contributed by atoms with Crippen LogP contribution in [-0.2, 0) is 38.4 Å². The standard InChI is InChI=1S/C13H22N4O2.C12H20N4O2.C11H20N4O.C11H18N4O.C10H15N3O2.6CH4/c1-10(18)16(3)8-6-13-9-15(2)7-5-11(13)14-17(4)12(13)19;1-9(17)15(2)7-5-12-8-13-6-4-10(12)14-16(3)11(12)18;2*1-12-6-5-11-8-14(2)7-4-9(11)13-15(3)10(11)16;1-12-5-3-8-10(7-12,4-6-14)9(15)13(2)11-8;;;;;;/h5-9H2,1-4H3;13H,4-8H2,1-3H3;12H,4-8H2,1-3H3;6H,4-5,7-8H2,1-3H3;6H,3-5,7H2,1-2H3;6*1H4. The van der Waals surface area contributed by atoms with Crippen molar-refractivity contribution >= 4 is 82.4 Å². The summed E-state index contributed by atoms with van der Waals surface area (Å²) < 4.78 is 0. The van der Waals surface area contributed by atoms with Gasteiger partial charge in [-0.2, -0.15) is 25.5 Å². The molecule has 27 nitrogen and oxygen atoms in total. The summed E-state index contributed by atoms with van der Waals surface area (Å²) >= 11 is 0. The molecule has 0 bridgehead atoms. The van der Waals surface area contributed by atoms with Crippen molar-refractivity contribution in [1.82, 2.24) is 65.1 Å². The first-order valence-electron chi connectivity index (χ1n) is 29.3. The summed E-state index contributed by atoms with van der Waals surface area (Å²) in [6, 6.07) is 0. The van der Waals surface area contributed by atoms with E-state index in [1.165, 1.54) is 32.0 Å². The van der Waals surface area contributed by atoms with Crippen molar-refractivity contribution in [2.45, 2.75) is 123 Å². The minimum Gasteiger partial charge on any atom is -0.346 e. The van der Waals surface area contributed by atoms with Gasteiger partial charge >= 0.3 is 0 Å². The number of aliphatic imine (C=N–C) groups is 1. The normalized spacial score (nSPS) is 27.3. The summed E-state index contributed by atoms with van der Waals surface area (Å²) in [5.41, 5.74) is 2.41. The molecule has 5 fully saturated rings. The van der Waals surface area contributed by atoms with Gasteiger partial charge in [0.2, 0.25) is 11.8 Å². The average molecular weight is 1270 g/mol. The number of likely N-dealkylation sites (tertiary alicyclic amines) is 4. The van der Waals surface area contributed by atoms with Gasteiger partial charge in [0.25, 0.3) is 29.5 Å². The molecule has 0 radical (unpaired) electrons. The lowest BCUT2D eigenvalue weighted by molar-refractivity contribution is -0.137. The van der Waals surface area contributed by atoms with E-state index in [1.54, 1.807) is 73.1 Å². The van der Waals surface area contributed by atoms with Gasteiger partial charge in [-0.05, 0) is 67.3 Å². The minimum atomic E-state index is -0.663. The van der Waals surface area contributed by atoms with E-state index in [-0.39, 0.29) is 97.7 Å². The van der Waals surface area contributed by atoms with Crippen LogP contribution in [0, 0.1) is 27.1 Å². The lowest BCUT2D eigenvalue weighted by atomic mass is 9.75. The molecule has 5 saturated heterocycles. The maximum absolute atomic E-state index is 12.5. The molecule has 10 heterocycles. The van der Waals surface area contributed by atoms with Crippen molar-refractivity contribution in [3.05, 3.63) is 0 Å². The van der Waals surface area contributed by atoms with E-state index in [2.05, 4.69) is 67.8 Å². The first-order valence-corrected chi connectivity index (χ1v) is 29.3. The van der Waals surface area contributed by atoms with E-state index >= 15 is 0 Å². The summed E-state index contributed by atoms with van der Waals surface area (Å²) in [5.74, 6) is 0.368. The number of nitrogens with zero attached hydrogens (tertiary/aromatic N) is 17. The first-order chi connectivity index (χ1) is 39.6. The molecule has 90 heavy (non-hydrogen) atoms. The molecule has 10 aliphatic heterocycles. The fourth-order valence-corrected chi connectivity index (χ4v) is 13.2. The van der Waals surface area contributed by atoms with Crippen molar-refractivity contribution in [3.8, 4) is 0 Å². The molecule has 7 amide bonds. The Kier molecular flexibility index (Phi) is 32.5. The quantitative estimate of drug-likeness (QED) is 0.198. The van der Waals surface area contributed by atoms with Crippen molar-refractivity contribution in [3.63, 3.8) is 0 Å². The number of carbonyl (C=O) groups is 8. The van der Waals surface area contributed by atoms with E-state index in [0.29, 0.717) is 52.0 Å². The summed E-state index contributed by atoms with van der Waals surface area (Å²) in [6.45, 7) is 13.3. The predicted octanol–water partition coefficient (Wildman–Crippen LogP) is 3.18. The molecule has 0 spiro atoms. The van der Waals surface area contributed by atoms with E-state index in [9.17, 15) is 38.4 Å². The maximum atomic E-state index is 12.5. The average Bonchev–Trinajstić information content (AvgIpc) is 1.66. The van der Waals surface area contributed by atoms with Gasteiger partial charge in [0.1, 0.15) is 33.4 Å². The van der Waals surface area contributed by atoms with Gasteiger partial charge in [-0.25, -0.2) is 25.0 Å². The molecule has 2 N–H and O–H groups in total. The summed E-state index contributed by atoms with van der Waals surface area (Å²) in [4.78, 5) is 111. The predicted molar refractivity (Wildman–Crippen MR) is 364 cm³/mol. The highest BCUT2D eigenvalue weighted by molar-refractivity contribution is 6.16. The Bertz CT molecular complexity index is 2700. The second-order valence-corrected chi connectivity index (χ2v) is 24.4. The van der Waals surface area contributed by atoms with Gasteiger partial charge in [-0.15, -0.1) is 0 Å². The van der Waals surface area contributed by atoms with Crippen LogP contribution in [0.1, 0.15) is 123 Å². The number of hydrazone groups is 5. The third-order valence-electron chi connectivity index (χ3n) is 18.4. The first kappa shape index (κ1) is 83.7.